The molecule has 0 spiro atoms. The van der Waals surface area contributed by atoms with Crippen LogP contribution >= 0.6 is 11.6 Å². The van der Waals surface area contributed by atoms with Crippen LogP contribution in [-0.4, -0.2) is 53.8 Å². The van der Waals surface area contributed by atoms with Crippen molar-refractivity contribution in [2.45, 2.75) is 26.5 Å². The Labute approximate surface area is 246 Å². The third-order valence-electron chi connectivity index (χ3n) is 5.93. The van der Waals surface area contributed by atoms with E-state index in [4.69, 9.17) is 11.6 Å². The van der Waals surface area contributed by atoms with Gasteiger partial charge in [0.25, 0.3) is 5.91 Å². The van der Waals surface area contributed by atoms with Crippen molar-refractivity contribution >= 4 is 49.8 Å². The number of nitrogens with zero attached hydrogens (tertiary/aromatic N) is 4. The number of halogens is 2. The Morgan fingerprint density at radius 3 is 2.60 bits per heavy atom. The maximum absolute atomic E-state index is 13.7. The fraction of sp³-hybridized carbons (Fsp3) is 0.308. The molecular formula is C26H29ClFN9O4S. The first kappa shape index (κ1) is 30.7. The molecule has 0 bridgehead atoms. The molecule has 0 aliphatic carbocycles. The van der Waals surface area contributed by atoms with Gasteiger partial charge >= 0.3 is 0 Å². The molecule has 3 heterocycles. The van der Waals surface area contributed by atoms with Gasteiger partial charge in [-0.3, -0.25) is 19.5 Å². The number of carbonyl (C=O) groups excluding carboxylic acids is 1. The van der Waals surface area contributed by atoms with E-state index in [0.29, 0.717) is 34.4 Å². The van der Waals surface area contributed by atoms with E-state index in [1.165, 1.54) is 29.5 Å². The lowest BCUT2D eigenvalue weighted by atomic mass is 9.96. The minimum Gasteiger partial charge on any atom is -0.383 e. The molecule has 1 aliphatic rings. The summed E-state index contributed by atoms with van der Waals surface area (Å²) in [4.78, 5) is 20.1. The topological polar surface area (TPSA) is 184 Å². The van der Waals surface area contributed by atoms with Gasteiger partial charge in [-0.1, -0.05) is 32.4 Å². The molecule has 0 radical (unpaired) electrons. The molecular weight excluding hydrogens is 589 g/mol. The molecule has 0 fully saturated rings. The summed E-state index contributed by atoms with van der Waals surface area (Å²) >= 11 is 6.61. The van der Waals surface area contributed by atoms with Crippen LogP contribution in [0.1, 0.15) is 31.9 Å². The predicted octanol–water partition coefficient (Wildman–Crippen LogP) is 2.25. The number of hydrogen-bond acceptors (Lipinski definition) is 12. The molecule has 42 heavy (non-hydrogen) atoms. The maximum Gasteiger partial charge on any atom is 0.254 e. The SMILES string of the molecule is CC(C)(C)CNc1c(C#N)cnc2c(Cl)cc(NC(O)(C3=CN(CC(=O)NS(C)(=O)=O)NN3)c3ccc(F)nc3)cc12. The van der Waals surface area contributed by atoms with Crippen molar-refractivity contribution in [1.29, 1.82) is 5.26 Å². The highest BCUT2D eigenvalue weighted by atomic mass is 35.5. The van der Waals surface area contributed by atoms with E-state index >= 15 is 0 Å². The third-order valence-corrected chi connectivity index (χ3v) is 6.82. The molecule has 4 rings (SSSR count). The van der Waals surface area contributed by atoms with Gasteiger partial charge in [-0.25, -0.2) is 13.4 Å². The Morgan fingerprint density at radius 1 is 1.24 bits per heavy atom. The van der Waals surface area contributed by atoms with E-state index in [1.807, 2.05) is 25.5 Å². The second-order valence-corrected chi connectivity index (χ2v) is 13.0. The number of fused-ring (bicyclic) bond motifs is 1. The molecule has 1 aliphatic heterocycles. The summed E-state index contributed by atoms with van der Waals surface area (Å²) in [7, 11) is -3.78. The zero-order valence-electron chi connectivity index (χ0n) is 23.1. The standard InChI is InChI=1S/C26H29ClFN9O4S/c1-25(2,3)14-32-23-15(9-29)10-31-24-18(23)7-17(8-19(24)27)33-26(39,16-5-6-21(28)30-11-16)20-12-37(36-34-20)13-22(38)35-42(4,40)41/h5-8,10-12,33-34,36,39H,13-14H2,1-4H3,(H,31,32)(H,35,38). The minimum atomic E-state index is -3.78. The third kappa shape index (κ3) is 7.15. The lowest BCUT2D eigenvalue weighted by Crippen LogP contribution is -2.46. The van der Waals surface area contributed by atoms with Crippen LogP contribution in [0.15, 0.2) is 48.6 Å². The van der Waals surface area contributed by atoms with Crippen LogP contribution in [0.25, 0.3) is 10.9 Å². The maximum atomic E-state index is 13.7. The number of carbonyl (C=O) groups is 1. The molecule has 222 valence electrons. The first-order valence-electron chi connectivity index (χ1n) is 12.5. The van der Waals surface area contributed by atoms with E-state index in [9.17, 15) is 28.0 Å². The summed E-state index contributed by atoms with van der Waals surface area (Å²) in [6.45, 7) is 6.21. The molecule has 16 heteroatoms. The number of nitrogens with one attached hydrogen (secondary N) is 5. The lowest BCUT2D eigenvalue weighted by Gasteiger charge is -2.31. The van der Waals surface area contributed by atoms with Crippen LogP contribution in [0.4, 0.5) is 15.8 Å². The van der Waals surface area contributed by atoms with Crippen LogP contribution in [0, 0.1) is 22.7 Å². The van der Waals surface area contributed by atoms with Crippen molar-refractivity contribution in [3.8, 4) is 6.07 Å². The van der Waals surface area contributed by atoms with Gasteiger partial charge in [0.1, 0.15) is 18.3 Å². The van der Waals surface area contributed by atoms with Crippen LogP contribution in [0.5, 0.6) is 0 Å². The summed E-state index contributed by atoms with van der Waals surface area (Å²) in [5, 5.41) is 30.0. The summed E-state index contributed by atoms with van der Waals surface area (Å²) in [6.07, 6.45) is 4.73. The van der Waals surface area contributed by atoms with Crippen molar-refractivity contribution in [2.24, 2.45) is 5.41 Å². The quantitative estimate of drug-likeness (QED) is 0.152. The van der Waals surface area contributed by atoms with Crippen molar-refractivity contribution in [3.05, 3.63) is 70.7 Å². The van der Waals surface area contributed by atoms with Gasteiger partial charge in [-0.2, -0.15) is 9.65 Å². The minimum absolute atomic E-state index is 0.0502. The average Bonchev–Trinajstić information content (AvgIpc) is 3.34. The number of rotatable bonds is 9. The van der Waals surface area contributed by atoms with E-state index in [0.717, 1.165) is 18.5 Å². The van der Waals surface area contributed by atoms with Crippen molar-refractivity contribution in [1.82, 2.24) is 30.7 Å². The summed E-state index contributed by atoms with van der Waals surface area (Å²) in [5.74, 6) is -1.60. The van der Waals surface area contributed by atoms with E-state index < -0.39 is 34.1 Å². The smallest absolute Gasteiger partial charge is 0.254 e. The fourth-order valence-electron chi connectivity index (χ4n) is 4.07. The molecule has 1 amide bonds. The highest BCUT2D eigenvalue weighted by molar-refractivity contribution is 7.89. The van der Waals surface area contributed by atoms with E-state index in [2.05, 4.69) is 37.6 Å². The largest absolute Gasteiger partial charge is 0.383 e. The van der Waals surface area contributed by atoms with E-state index in [-0.39, 0.29) is 21.7 Å². The number of hydrazine groups is 2. The first-order chi connectivity index (χ1) is 19.6. The molecule has 6 N–H and O–H groups in total. The Bertz CT molecular complexity index is 1710. The lowest BCUT2D eigenvalue weighted by molar-refractivity contribution is -0.120. The molecule has 0 saturated carbocycles. The Balaban J connectivity index is 1.77. The Hall–Kier alpha value is -4.23. The summed E-state index contributed by atoms with van der Waals surface area (Å²) in [5.41, 5.74) is 4.86. The van der Waals surface area contributed by atoms with Gasteiger partial charge < -0.3 is 21.2 Å². The second-order valence-electron chi connectivity index (χ2n) is 10.8. The number of sulfonamides is 1. The number of aromatic nitrogens is 2. The van der Waals surface area contributed by atoms with Crippen LogP contribution in [0.3, 0.4) is 0 Å². The van der Waals surface area contributed by atoms with Crippen molar-refractivity contribution in [2.75, 3.05) is 30.0 Å². The molecule has 1 atom stereocenters. The monoisotopic (exact) mass is 617 g/mol. The fourth-order valence-corrected chi connectivity index (χ4v) is 4.82. The Kier molecular flexibility index (Phi) is 8.46. The number of aliphatic hydroxyl groups is 1. The van der Waals surface area contributed by atoms with Gasteiger partial charge in [0, 0.05) is 41.8 Å². The molecule has 1 unspecified atom stereocenters. The highest BCUT2D eigenvalue weighted by Crippen LogP contribution is 2.37. The molecule has 13 nitrogen and oxygen atoms in total. The normalized spacial score (nSPS) is 14.9. The van der Waals surface area contributed by atoms with Gasteiger partial charge in [0.05, 0.1) is 28.0 Å². The highest BCUT2D eigenvalue weighted by Gasteiger charge is 2.38. The molecule has 2 aromatic heterocycles. The number of nitriles is 1. The van der Waals surface area contributed by atoms with Crippen LogP contribution in [0.2, 0.25) is 5.02 Å². The average molecular weight is 618 g/mol. The number of benzene rings is 1. The molecule has 1 aromatic carbocycles. The number of anilines is 2. The van der Waals surface area contributed by atoms with E-state index in [1.54, 1.807) is 6.07 Å². The second kappa shape index (κ2) is 11.6. The molecule has 0 saturated heterocycles. The number of amides is 1. The van der Waals surface area contributed by atoms with Crippen LogP contribution in [-0.2, 0) is 20.5 Å². The zero-order chi connectivity index (χ0) is 30.9. The van der Waals surface area contributed by atoms with Gasteiger partial charge in [0.15, 0.2) is 0 Å². The summed E-state index contributed by atoms with van der Waals surface area (Å²) in [6, 6.07) is 7.69. The molecule has 3 aromatic rings. The van der Waals surface area contributed by atoms with Crippen molar-refractivity contribution < 1.29 is 22.7 Å². The number of pyridine rings is 2. The zero-order valence-corrected chi connectivity index (χ0v) is 24.7. The van der Waals surface area contributed by atoms with Gasteiger partial charge in [-0.05, 0) is 29.7 Å². The Morgan fingerprint density at radius 2 is 1.98 bits per heavy atom. The van der Waals surface area contributed by atoms with Gasteiger partial charge in [0.2, 0.25) is 21.7 Å². The van der Waals surface area contributed by atoms with Crippen LogP contribution < -0.4 is 26.3 Å². The predicted molar refractivity (Wildman–Crippen MR) is 155 cm³/mol. The summed E-state index contributed by atoms with van der Waals surface area (Å²) < 4.78 is 38.4. The van der Waals surface area contributed by atoms with Crippen molar-refractivity contribution in [3.63, 3.8) is 0 Å². The van der Waals surface area contributed by atoms with Gasteiger partial charge in [-0.15, -0.1) is 5.53 Å². The number of hydrogen-bond donors (Lipinski definition) is 6. The first-order valence-corrected chi connectivity index (χ1v) is 14.7.